The van der Waals surface area contributed by atoms with Crippen molar-refractivity contribution >= 4 is 0 Å². The predicted molar refractivity (Wildman–Crippen MR) is 82.0 cm³/mol. The van der Waals surface area contributed by atoms with Crippen molar-refractivity contribution in [3.8, 4) is 0 Å². The molecule has 4 atom stereocenters. The number of benzene rings is 1. The molecule has 1 aliphatic heterocycles. The number of nitrogens with two attached hydrogens (primary N) is 1. The molecule has 106 valence electrons. The minimum absolute atomic E-state index is 0.272. The van der Waals surface area contributed by atoms with E-state index in [1.165, 1.54) is 18.5 Å². The minimum Gasteiger partial charge on any atom is -0.321 e. The number of hydrogen-bond donors (Lipinski definition) is 1. The molecule has 1 fully saturated rings. The van der Waals surface area contributed by atoms with Gasteiger partial charge in [-0.05, 0) is 37.7 Å². The van der Waals surface area contributed by atoms with Crippen LogP contribution in [-0.4, -0.2) is 24.0 Å². The topological polar surface area (TPSA) is 29.3 Å². The SMILES string of the molecule is CC1CC(C)C(C)N(CC(C)(N)c2ccccc2)C1. The Morgan fingerprint density at radius 2 is 1.84 bits per heavy atom. The standard InChI is InChI=1S/C17H28N2/c1-13-10-14(2)15(3)19(11-13)12-17(4,18)16-8-6-5-7-9-16/h5-9,13-15H,10-12,18H2,1-4H3. The van der Waals surface area contributed by atoms with Gasteiger partial charge in [0.1, 0.15) is 0 Å². The molecule has 1 aromatic carbocycles. The van der Waals surface area contributed by atoms with Crippen molar-refractivity contribution in [1.29, 1.82) is 0 Å². The van der Waals surface area contributed by atoms with Gasteiger partial charge >= 0.3 is 0 Å². The van der Waals surface area contributed by atoms with Gasteiger partial charge in [0, 0.05) is 19.1 Å². The normalized spacial score (nSPS) is 31.9. The largest absolute Gasteiger partial charge is 0.321 e. The summed E-state index contributed by atoms with van der Waals surface area (Å²) in [5.74, 6) is 1.54. The molecule has 0 aliphatic carbocycles. The highest BCUT2D eigenvalue weighted by atomic mass is 15.2. The van der Waals surface area contributed by atoms with Gasteiger partial charge in [0.25, 0.3) is 0 Å². The second kappa shape index (κ2) is 5.64. The van der Waals surface area contributed by atoms with Crippen molar-refractivity contribution in [3.63, 3.8) is 0 Å². The number of rotatable bonds is 3. The summed E-state index contributed by atoms with van der Waals surface area (Å²) in [6, 6.07) is 11.1. The summed E-state index contributed by atoms with van der Waals surface area (Å²) in [6.45, 7) is 11.3. The Morgan fingerprint density at radius 1 is 1.21 bits per heavy atom. The van der Waals surface area contributed by atoms with Gasteiger partial charge in [-0.25, -0.2) is 0 Å². The Balaban J connectivity index is 2.11. The summed E-state index contributed by atoms with van der Waals surface area (Å²) in [7, 11) is 0. The molecule has 0 amide bonds. The summed E-state index contributed by atoms with van der Waals surface area (Å²) in [4.78, 5) is 2.58. The number of piperidine rings is 1. The fraction of sp³-hybridized carbons (Fsp3) is 0.647. The van der Waals surface area contributed by atoms with Gasteiger partial charge in [-0.3, -0.25) is 4.90 Å². The molecule has 19 heavy (non-hydrogen) atoms. The zero-order chi connectivity index (χ0) is 14.0. The van der Waals surface area contributed by atoms with Gasteiger partial charge in [0.15, 0.2) is 0 Å². The van der Waals surface area contributed by atoms with E-state index in [9.17, 15) is 0 Å². The molecule has 0 aromatic heterocycles. The molecule has 1 aromatic rings. The van der Waals surface area contributed by atoms with Gasteiger partial charge < -0.3 is 5.73 Å². The minimum atomic E-state index is -0.272. The zero-order valence-electron chi connectivity index (χ0n) is 12.8. The molecular formula is C17H28N2. The molecule has 2 rings (SSSR count). The lowest BCUT2D eigenvalue weighted by Gasteiger charge is -2.44. The van der Waals surface area contributed by atoms with E-state index in [-0.39, 0.29) is 5.54 Å². The first-order chi connectivity index (χ1) is 8.90. The summed E-state index contributed by atoms with van der Waals surface area (Å²) < 4.78 is 0. The molecule has 2 N–H and O–H groups in total. The third-order valence-corrected chi connectivity index (χ3v) is 4.68. The number of likely N-dealkylation sites (tertiary alicyclic amines) is 1. The molecule has 0 spiro atoms. The van der Waals surface area contributed by atoms with Crippen LogP contribution >= 0.6 is 0 Å². The van der Waals surface area contributed by atoms with Crippen LogP contribution in [0.4, 0.5) is 0 Å². The lowest BCUT2D eigenvalue weighted by Crippen LogP contribution is -2.53. The summed E-state index contributed by atoms with van der Waals surface area (Å²) in [5, 5.41) is 0. The van der Waals surface area contributed by atoms with E-state index >= 15 is 0 Å². The number of hydrogen-bond acceptors (Lipinski definition) is 2. The fourth-order valence-corrected chi connectivity index (χ4v) is 3.37. The van der Waals surface area contributed by atoms with Crippen molar-refractivity contribution < 1.29 is 0 Å². The summed E-state index contributed by atoms with van der Waals surface area (Å²) in [5.41, 5.74) is 7.54. The Labute approximate surface area is 118 Å². The van der Waals surface area contributed by atoms with E-state index in [4.69, 9.17) is 5.73 Å². The molecule has 0 saturated carbocycles. The highest BCUT2D eigenvalue weighted by molar-refractivity contribution is 5.23. The van der Waals surface area contributed by atoms with Crippen molar-refractivity contribution in [2.45, 2.75) is 45.7 Å². The third kappa shape index (κ3) is 3.37. The molecule has 4 unspecified atom stereocenters. The Hall–Kier alpha value is -0.860. The molecular weight excluding hydrogens is 232 g/mol. The molecule has 0 radical (unpaired) electrons. The van der Waals surface area contributed by atoms with Gasteiger partial charge in [-0.2, -0.15) is 0 Å². The molecule has 1 heterocycles. The molecule has 1 saturated heterocycles. The Bertz CT molecular complexity index is 399. The average molecular weight is 260 g/mol. The lowest BCUT2D eigenvalue weighted by molar-refractivity contribution is 0.0604. The van der Waals surface area contributed by atoms with Gasteiger partial charge in [0.05, 0.1) is 5.54 Å². The monoisotopic (exact) mass is 260 g/mol. The van der Waals surface area contributed by atoms with Crippen molar-refractivity contribution in [1.82, 2.24) is 4.90 Å². The Kier molecular flexibility index (Phi) is 4.32. The van der Waals surface area contributed by atoms with Crippen LogP contribution in [0.1, 0.15) is 39.7 Å². The van der Waals surface area contributed by atoms with Crippen LogP contribution in [0.5, 0.6) is 0 Å². The molecule has 2 nitrogen and oxygen atoms in total. The van der Waals surface area contributed by atoms with Gasteiger partial charge in [0.2, 0.25) is 0 Å². The first kappa shape index (κ1) is 14.5. The van der Waals surface area contributed by atoms with Gasteiger partial charge in [-0.1, -0.05) is 44.2 Å². The van der Waals surface area contributed by atoms with E-state index in [1.54, 1.807) is 0 Å². The number of nitrogens with zero attached hydrogens (tertiary/aromatic N) is 1. The summed E-state index contributed by atoms with van der Waals surface area (Å²) in [6.07, 6.45) is 1.34. The maximum atomic E-state index is 6.58. The van der Waals surface area contributed by atoms with Crippen LogP contribution in [0.2, 0.25) is 0 Å². The first-order valence-corrected chi connectivity index (χ1v) is 7.48. The van der Waals surface area contributed by atoms with Crippen LogP contribution in [0, 0.1) is 11.8 Å². The van der Waals surface area contributed by atoms with Crippen LogP contribution in [0.3, 0.4) is 0 Å². The fourth-order valence-electron chi connectivity index (χ4n) is 3.37. The van der Waals surface area contributed by atoms with Crippen molar-refractivity contribution in [3.05, 3.63) is 35.9 Å². The van der Waals surface area contributed by atoms with Crippen LogP contribution in [0.25, 0.3) is 0 Å². The maximum absolute atomic E-state index is 6.58. The average Bonchev–Trinajstić information content (AvgIpc) is 2.36. The zero-order valence-corrected chi connectivity index (χ0v) is 12.8. The highest BCUT2D eigenvalue weighted by Crippen LogP contribution is 2.29. The maximum Gasteiger partial charge on any atom is 0.0510 e. The van der Waals surface area contributed by atoms with Crippen molar-refractivity contribution in [2.75, 3.05) is 13.1 Å². The van der Waals surface area contributed by atoms with E-state index in [2.05, 4.69) is 56.9 Å². The van der Waals surface area contributed by atoms with E-state index in [0.717, 1.165) is 18.4 Å². The Morgan fingerprint density at radius 3 is 2.47 bits per heavy atom. The van der Waals surface area contributed by atoms with E-state index < -0.39 is 0 Å². The second-order valence-electron chi connectivity index (χ2n) is 6.77. The quantitative estimate of drug-likeness (QED) is 0.904. The van der Waals surface area contributed by atoms with E-state index in [1.807, 2.05) is 6.07 Å². The van der Waals surface area contributed by atoms with E-state index in [0.29, 0.717) is 6.04 Å². The predicted octanol–water partition coefficient (Wildman–Crippen LogP) is 3.23. The lowest BCUT2D eigenvalue weighted by atomic mass is 9.84. The van der Waals surface area contributed by atoms with Gasteiger partial charge in [-0.15, -0.1) is 0 Å². The van der Waals surface area contributed by atoms with Crippen LogP contribution in [-0.2, 0) is 5.54 Å². The second-order valence-corrected chi connectivity index (χ2v) is 6.77. The van der Waals surface area contributed by atoms with Crippen LogP contribution < -0.4 is 5.73 Å². The molecule has 2 heteroatoms. The third-order valence-electron chi connectivity index (χ3n) is 4.68. The summed E-state index contributed by atoms with van der Waals surface area (Å²) >= 11 is 0. The van der Waals surface area contributed by atoms with Crippen LogP contribution in [0.15, 0.2) is 30.3 Å². The smallest absolute Gasteiger partial charge is 0.0510 e. The molecule has 1 aliphatic rings. The van der Waals surface area contributed by atoms with Crippen molar-refractivity contribution in [2.24, 2.45) is 17.6 Å². The highest BCUT2D eigenvalue weighted by Gasteiger charge is 2.33. The molecule has 0 bridgehead atoms. The first-order valence-electron chi connectivity index (χ1n) is 7.48.